The van der Waals surface area contributed by atoms with Gasteiger partial charge in [-0.05, 0) is 67.6 Å². The van der Waals surface area contributed by atoms with Crippen molar-refractivity contribution in [3.05, 3.63) is 102 Å². The van der Waals surface area contributed by atoms with Crippen molar-refractivity contribution in [1.82, 2.24) is 9.97 Å². The molecule has 2 aromatic heterocycles. The van der Waals surface area contributed by atoms with Crippen LogP contribution in [-0.2, 0) is 4.74 Å². The number of aliphatic hydroxyl groups is 1. The Bertz CT molecular complexity index is 1380. The van der Waals surface area contributed by atoms with Crippen LogP contribution < -0.4 is 54.3 Å². The van der Waals surface area contributed by atoms with Crippen molar-refractivity contribution < 1.29 is 78.3 Å². The summed E-state index contributed by atoms with van der Waals surface area (Å²) in [4.78, 5) is 30.3. The van der Waals surface area contributed by atoms with E-state index in [0.717, 1.165) is 7.11 Å². The molecule has 5 N–H and O–H groups in total. The fraction of sp³-hybridized carbons (Fsp3) is 0.172. The Morgan fingerprint density at radius 3 is 1.48 bits per heavy atom. The van der Waals surface area contributed by atoms with Crippen molar-refractivity contribution in [3.63, 3.8) is 0 Å². The number of aromatic nitrogens is 2. The van der Waals surface area contributed by atoms with Crippen molar-refractivity contribution in [2.45, 2.75) is 6.92 Å². The normalized spacial score (nSPS) is 9.07. The van der Waals surface area contributed by atoms with Crippen LogP contribution >= 0.6 is 0 Å². The van der Waals surface area contributed by atoms with Gasteiger partial charge in [0.1, 0.15) is 23.0 Å². The molecule has 0 aliphatic carbocycles. The summed E-state index contributed by atoms with van der Waals surface area (Å²) in [5.41, 5.74) is 2.69. The van der Waals surface area contributed by atoms with Crippen LogP contribution in [0, 0.1) is 0 Å². The Balaban J connectivity index is 0.000000722. The molecule has 4 rings (SSSR count). The van der Waals surface area contributed by atoms with Crippen LogP contribution in [0.1, 0.15) is 27.6 Å². The van der Waals surface area contributed by atoms with Gasteiger partial charge in [-0.3, -0.25) is 0 Å². The summed E-state index contributed by atoms with van der Waals surface area (Å²) >= 11 is 0. The number of hydrogen-bond acceptors (Lipinski definition) is 12. The largest absolute Gasteiger partial charge is 1.00 e. The van der Waals surface area contributed by atoms with E-state index < -0.39 is 5.97 Å². The third-order valence-electron chi connectivity index (χ3n) is 4.80. The number of carboxylic acids is 1. The predicted molar refractivity (Wildman–Crippen MR) is 155 cm³/mol. The van der Waals surface area contributed by atoms with Crippen LogP contribution in [0.25, 0.3) is 5.59 Å². The Labute approximate surface area is 276 Å². The van der Waals surface area contributed by atoms with Crippen molar-refractivity contribution in [2.75, 3.05) is 27.9 Å². The molecule has 0 saturated heterocycles. The van der Waals surface area contributed by atoms with Gasteiger partial charge in [0, 0.05) is 31.6 Å². The van der Waals surface area contributed by atoms with Crippen molar-refractivity contribution in [1.29, 1.82) is 0 Å². The van der Waals surface area contributed by atoms with E-state index in [1.807, 2.05) is 5.59 Å². The number of hydrogen-bond donors (Lipinski definition) is 4. The zero-order chi connectivity index (χ0) is 32.0. The zero-order valence-corrected chi connectivity index (χ0v) is 26.9. The zero-order valence-electron chi connectivity index (χ0n) is 24.9. The first-order chi connectivity index (χ1) is 20.8. The number of aromatic carboxylic acids is 1. The van der Waals surface area contributed by atoms with Crippen LogP contribution in [0.4, 0.5) is 0 Å². The fourth-order valence-electron chi connectivity index (χ4n) is 2.93. The third kappa shape index (κ3) is 14.8. The maximum atomic E-state index is 11.5. The summed E-state index contributed by atoms with van der Waals surface area (Å²) in [5, 5.41) is 22.7. The minimum Gasteiger partial charge on any atom is -0.497 e. The van der Waals surface area contributed by atoms with Crippen molar-refractivity contribution >= 4 is 11.9 Å². The Morgan fingerprint density at radius 1 is 0.750 bits per heavy atom. The molecular weight excluding hydrogens is 587 g/mol. The summed E-state index contributed by atoms with van der Waals surface area (Å²) in [6.07, 6.45) is 3.17. The summed E-state index contributed by atoms with van der Waals surface area (Å²) < 4.78 is 26.1. The van der Waals surface area contributed by atoms with Gasteiger partial charge in [0.15, 0.2) is 0 Å². The molecule has 0 spiro atoms. The minimum absolute atomic E-state index is 0. The molecule has 44 heavy (non-hydrogen) atoms. The summed E-state index contributed by atoms with van der Waals surface area (Å²) in [6.45, 7) is 2.12. The number of pyridine rings is 2. The second-order valence-electron chi connectivity index (χ2n) is 7.46. The molecule has 0 atom stereocenters. The van der Waals surface area contributed by atoms with Gasteiger partial charge in [0.05, 0.1) is 32.0 Å². The van der Waals surface area contributed by atoms with Crippen LogP contribution in [-0.4, -0.2) is 65.3 Å². The van der Waals surface area contributed by atoms with Gasteiger partial charge in [0.2, 0.25) is 11.8 Å². The van der Waals surface area contributed by atoms with Crippen LogP contribution in [0.2, 0.25) is 0 Å². The first kappa shape index (κ1) is 39.7. The van der Waals surface area contributed by atoms with Crippen molar-refractivity contribution in [2.24, 2.45) is 5.84 Å². The molecule has 0 amide bonds. The number of carbonyl (C=O) groups is 2. The molecule has 14 nitrogen and oxygen atoms in total. The Kier molecular flexibility index (Phi) is 21.0. The number of nitrogens with zero attached hydrogens (tertiary/aromatic N) is 3. The van der Waals surface area contributed by atoms with Crippen molar-refractivity contribution in [3.8, 4) is 34.8 Å². The molecule has 2 heterocycles. The predicted octanol–water partition coefficient (Wildman–Crippen LogP) is 1.88. The van der Waals surface area contributed by atoms with Gasteiger partial charge in [-0.1, -0.05) is 0 Å². The Morgan fingerprint density at radius 2 is 1.14 bits per heavy atom. The second kappa shape index (κ2) is 23.2. The fourth-order valence-corrected chi connectivity index (χ4v) is 2.93. The van der Waals surface area contributed by atoms with Gasteiger partial charge in [-0.25, -0.2) is 19.6 Å². The molecule has 0 saturated carbocycles. The number of aliphatic hydroxyl groups excluding tert-OH is 1. The molecule has 0 radical (unpaired) electrons. The van der Waals surface area contributed by atoms with Gasteiger partial charge in [-0.2, -0.15) is 0 Å². The van der Waals surface area contributed by atoms with E-state index >= 15 is 0 Å². The molecule has 230 valence electrons. The number of ether oxygens (including phenoxy) is 5. The molecule has 0 fully saturated rings. The van der Waals surface area contributed by atoms with Crippen LogP contribution in [0.5, 0.6) is 34.8 Å². The van der Waals surface area contributed by atoms with Gasteiger partial charge in [-0.15, -0.1) is 0 Å². The molecule has 0 bridgehead atoms. The third-order valence-corrected chi connectivity index (χ3v) is 4.80. The summed E-state index contributed by atoms with van der Waals surface area (Å²) in [6, 6.07) is 19.5. The molecule has 15 heteroatoms. The second-order valence-corrected chi connectivity index (χ2v) is 7.46. The number of carboxylic acid groups (broad SMARTS) is 1. The first-order valence-corrected chi connectivity index (χ1v) is 12.3. The Hall–Kier alpha value is -4.28. The molecule has 0 unspecified atom stereocenters. The maximum absolute atomic E-state index is 11.5. The molecule has 4 aromatic rings. The SMILES string of the molecule is CCOC(=O)c1ccc(Oc2cc(OC)ccn2)cc1.CO.COc1ccnc(Oc2ccc(C(=O)O)cc2)c1.N[N-]O.[Na+]. The molecule has 2 aromatic carbocycles. The first-order valence-electron chi connectivity index (χ1n) is 12.3. The quantitative estimate of drug-likeness (QED) is 0.0913. The number of rotatable bonds is 9. The van der Waals surface area contributed by atoms with E-state index in [2.05, 4.69) is 15.8 Å². The average molecular weight is 621 g/mol. The topological polar surface area (TPSA) is 207 Å². The summed E-state index contributed by atoms with van der Waals surface area (Å²) in [5.74, 6) is 5.92. The average Bonchev–Trinajstić information content (AvgIpc) is 3.03. The van der Waals surface area contributed by atoms with Gasteiger partial charge < -0.3 is 50.5 Å². The molecule has 0 aliphatic rings. The van der Waals surface area contributed by atoms with E-state index in [4.69, 9.17) is 39.1 Å². The number of benzene rings is 2. The monoisotopic (exact) mass is 620 g/mol. The number of methoxy groups -OCH3 is 2. The van der Waals surface area contributed by atoms with E-state index in [9.17, 15) is 9.59 Å². The number of esters is 1. The van der Waals surface area contributed by atoms with Crippen LogP contribution in [0.15, 0.2) is 85.2 Å². The minimum atomic E-state index is -0.971. The van der Waals surface area contributed by atoms with E-state index in [0.29, 0.717) is 46.9 Å². The van der Waals surface area contributed by atoms with Gasteiger partial charge in [0.25, 0.3) is 0 Å². The number of carbonyl (C=O) groups excluding carboxylic acids is 1. The van der Waals surface area contributed by atoms with E-state index in [1.165, 1.54) is 12.1 Å². The molecule has 0 aliphatic heterocycles. The van der Waals surface area contributed by atoms with E-state index in [1.54, 1.807) is 94.2 Å². The molecular formula is C29H33N4NaO10. The van der Waals surface area contributed by atoms with E-state index in [-0.39, 0.29) is 41.1 Å². The summed E-state index contributed by atoms with van der Waals surface area (Å²) in [7, 11) is 4.13. The smallest absolute Gasteiger partial charge is 0.497 e. The van der Waals surface area contributed by atoms with Gasteiger partial charge >= 0.3 is 41.5 Å². The van der Waals surface area contributed by atoms with Crippen LogP contribution in [0.3, 0.4) is 0 Å². The standard InChI is InChI=1S/C15H15NO4.C13H11NO4.CH4O.H3N2O.Na/c1-3-19-15(17)11-4-6-12(7-5-11)20-14-10-13(18-2)8-9-16-14;1-17-11-6-7-14-12(8-11)18-10-4-2-9(3-5-10)13(15)16;1-2;1-2-3;/h4-10H,3H2,1-2H3;2-8H,1H3,(H,15,16);2H,1H3;3H,1H2;/q;;;-1;+1. The maximum Gasteiger partial charge on any atom is 1.00 e. The number of nitrogens with two attached hydrogens (primary N) is 1.